The molecule has 0 aliphatic rings. The number of carbonyl (C=O) groups excluding carboxylic acids is 1. The maximum absolute atomic E-state index is 12.5. The van der Waals surface area contributed by atoms with E-state index in [0.29, 0.717) is 15.7 Å². The summed E-state index contributed by atoms with van der Waals surface area (Å²) in [5.74, 6) is 5.70. The molecule has 0 saturated carbocycles. The molecule has 0 saturated heterocycles. The highest BCUT2D eigenvalue weighted by atomic mass is 79.9. The summed E-state index contributed by atoms with van der Waals surface area (Å²) in [6.07, 6.45) is 3.90. The maximum Gasteiger partial charge on any atom is 0.340 e. The van der Waals surface area contributed by atoms with Crippen LogP contribution in [0.4, 0.5) is 0 Å². The van der Waals surface area contributed by atoms with E-state index in [9.17, 15) is 4.79 Å². The first-order valence-corrected chi connectivity index (χ1v) is 8.77. The number of hydrogen-bond acceptors (Lipinski definition) is 3. The Labute approximate surface area is 151 Å². The zero-order chi connectivity index (χ0) is 17.4. The highest BCUT2D eigenvalue weighted by molar-refractivity contribution is 9.10. The van der Waals surface area contributed by atoms with E-state index in [2.05, 4.69) is 39.7 Å². The Morgan fingerprint density at radius 1 is 1.33 bits per heavy atom. The molecule has 0 aliphatic carbocycles. The Hall–Kier alpha value is -2.12. The van der Waals surface area contributed by atoms with Crippen LogP contribution in [0.25, 0.3) is 0 Å². The van der Waals surface area contributed by atoms with Crippen molar-refractivity contribution in [3.63, 3.8) is 0 Å². The van der Waals surface area contributed by atoms with Crippen LogP contribution in [0.3, 0.4) is 0 Å². The number of aryl methyl sites for hydroxylation is 1. The first-order chi connectivity index (χ1) is 11.6. The van der Waals surface area contributed by atoms with Crippen LogP contribution in [0.1, 0.15) is 53.9 Å². The molecule has 1 heterocycles. The summed E-state index contributed by atoms with van der Waals surface area (Å²) in [6, 6.07) is 11.0. The molecule has 1 aromatic heterocycles. The van der Waals surface area contributed by atoms with E-state index in [4.69, 9.17) is 4.74 Å². The lowest BCUT2D eigenvalue weighted by molar-refractivity contribution is 0.0400. The standard InChI is InChI=1S/C20H20BrNO2/c1-3-4-5-6-10-19(18-9-7-8-13-22-18)24-20(23)16-12-11-15(2)14-17(16)21/h7-9,11-14,19H,3-5H2,1-2H3. The predicted molar refractivity (Wildman–Crippen MR) is 98.6 cm³/mol. The summed E-state index contributed by atoms with van der Waals surface area (Å²) in [5.41, 5.74) is 2.19. The van der Waals surface area contributed by atoms with Crippen LogP contribution in [0, 0.1) is 18.8 Å². The number of rotatable bonds is 5. The molecule has 0 radical (unpaired) electrons. The highest BCUT2D eigenvalue weighted by Crippen LogP contribution is 2.22. The van der Waals surface area contributed by atoms with Gasteiger partial charge in [0.2, 0.25) is 6.10 Å². The van der Waals surface area contributed by atoms with Crippen molar-refractivity contribution in [1.29, 1.82) is 0 Å². The van der Waals surface area contributed by atoms with Crippen molar-refractivity contribution in [2.45, 2.75) is 39.2 Å². The van der Waals surface area contributed by atoms with Crippen molar-refractivity contribution >= 4 is 21.9 Å². The Balaban J connectivity index is 2.20. The van der Waals surface area contributed by atoms with E-state index >= 15 is 0 Å². The van der Waals surface area contributed by atoms with Gasteiger partial charge in [0.25, 0.3) is 0 Å². The first kappa shape index (κ1) is 18.2. The number of carbonyl (C=O) groups is 1. The number of aromatic nitrogens is 1. The fourth-order valence-corrected chi connectivity index (χ4v) is 2.74. The van der Waals surface area contributed by atoms with Crippen molar-refractivity contribution in [2.75, 3.05) is 0 Å². The fourth-order valence-electron chi connectivity index (χ4n) is 2.08. The minimum absolute atomic E-state index is 0.415. The average Bonchev–Trinajstić information content (AvgIpc) is 2.58. The smallest absolute Gasteiger partial charge is 0.340 e. The van der Waals surface area contributed by atoms with Crippen molar-refractivity contribution in [3.05, 3.63) is 63.9 Å². The monoisotopic (exact) mass is 385 g/mol. The molecule has 24 heavy (non-hydrogen) atoms. The second-order valence-corrected chi connectivity index (χ2v) is 6.30. The molecule has 1 unspecified atom stereocenters. The quantitative estimate of drug-likeness (QED) is 0.401. The summed E-state index contributed by atoms with van der Waals surface area (Å²) in [5, 5.41) is 0. The molecule has 2 aromatic rings. The second-order valence-electron chi connectivity index (χ2n) is 5.45. The molecule has 0 spiro atoms. The minimum Gasteiger partial charge on any atom is -0.439 e. The van der Waals surface area contributed by atoms with E-state index in [1.165, 1.54) is 0 Å². The number of hydrogen-bond donors (Lipinski definition) is 0. The maximum atomic E-state index is 12.5. The van der Waals surface area contributed by atoms with Crippen LogP contribution < -0.4 is 0 Å². The number of esters is 1. The van der Waals surface area contributed by atoms with Crippen LogP contribution in [0.5, 0.6) is 0 Å². The van der Waals surface area contributed by atoms with Gasteiger partial charge in [-0.15, -0.1) is 0 Å². The summed E-state index contributed by atoms with van der Waals surface area (Å²) >= 11 is 3.41. The van der Waals surface area contributed by atoms with Gasteiger partial charge < -0.3 is 4.74 Å². The number of unbranched alkanes of at least 4 members (excludes halogenated alkanes) is 2. The highest BCUT2D eigenvalue weighted by Gasteiger charge is 2.18. The summed E-state index contributed by atoms with van der Waals surface area (Å²) < 4.78 is 6.33. The molecule has 0 fully saturated rings. The fraction of sp³-hybridized carbons (Fsp3) is 0.300. The molecule has 1 atom stereocenters. The van der Waals surface area contributed by atoms with Crippen molar-refractivity contribution in [3.8, 4) is 11.8 Å². The summed E-state index contributed by atoms with van der Waals surface area (Å²) in [7, 11) is 0. The number of benzene rings is 1. The lowest BCUT2D eigenvalue weighted by Crippen LogP contribution is -2.12. The summed E-state index contributed by atoms with van der Waals surface area (Å²) in [6.45, 7) is 4.09. The molecule has 0 aliphatic heterocycles. The van der Waals surface area contributed by atoms with Gasteiger partial charge in [-0.2, -0.15) is 0 Å². The Kier molecular flexibility index (Phi) is 7.02. The predicted octanol–water partition coefficient (Wildman–Crippen LogP) is 5.24. The molecular weight excluding hydrogens is 366 g/mol. The van der Waals surface area contributed by atoms with Gasteiger partial charge in [0.1, 0.15) is 0 Å². The molecule has 1 aromatic carbocycles. The van der Waals surface area contributed by atoms with Gasteiger partial charge in [0.15, 0.2) is 0 Å². The molecule has 0 bridgehead atoms. The van der Waals surface area contributed by atoms with Crippen LogP contribution in [-0.2, 0) is 4.74 Å². The zero-order valence-electron chi connectivity index (χ0n) is 13.9. The van der Waals surface area contributed by atoms with Gasteiger partial charge in [-0.1, -0.05) is 37.3 Å². The second kappa shape index (κ2) is 9.24. The molecule has 3 nitrogen and oxygen atoms in total. The van der Waals surface area contributed by atoms with Gasteiger partial charge in [-0.25, -0.2) is 4.79 Å². The van der Waals surface area contributed by atoms with Gasteiger partial charge >= 0.3 is 5.97 Å². The number of ether oxygens (including phenoxy) is 1. The van der Waals surface area contributed by atoms with Crippen molar-refractivity contribution in [2.24, 2.45) is 0 Å². The molecule has 0 amide bonds. The van der Waals surface area contributed by atoms with E-state index in [1.807, 2.05) is 37.3 Å². The largest absolute Gasteiger partial charge is 0.439 e. The SMILES string of the molecule is CCCCC#CC(OC(=O)c1ccc(C)cc1Br)c1ccccn1. The van der Waals surface area contributed by atoms with E-state index in [-0.39, 0.29) is 0 Å². The molecule has 124 valence electrons. The van der Waals surface area contributed by atoms with Gasteiger partial charge in [-0.3, -0.25) is 4.98 Å². The Morgan fingerprint density at radius 2 is 2.17 bits per heavy atom. The topological polar surface area (TPSA) is 39.2 Å². The lowest BCUT2D eigenvalue weighted by atomic mass is 10.1. The van der Waals surface area contributed by atoms with Gasteiger partial charge in [0.05, 0.1) is 11.3 Å². The van der Waals surface area contributed by atoms with Crippen LogP contribution in [0.15, 0.2) is 47.1 Å². The first-order valence-electron chi connectivity index (χ1n) is 7.98. The Morgan fingerprint density at radius 3 is 2.83 bits per heavy atom. The van der Waals surface area contributed by atoms with Crippen molar-refractivity contribution < 1.29 is 9.53 Å². The van der Waals surface area contributed by atoms with Crippen LogP contribution in [-0.4, -0.2) is 11.0 Å². The van der Waals surface area contributed by atoms with Crippen LogP contribution >= 0.6 is 15.9 Å². The number of nitrogens with zero attached hydrogens (tertiary/aromatic N) is 1. The van der Waals surface area contributed by atoms with Gasteiger partial charge in [-0.05, 0) is 59.1 Å². The number of pyridine rings is 1. The average molecular weight is 386 g/mol. The minimum atomic E-state index is -0.663. The van der Waals surface area contributed by atoms with Gasteiger partial charge in [0, 0.05) is 17.1 Å². The van der Waals surface area contributed by atoms with Crippen LogP contribution in [0.2, 0.25) is 0 Å². The van der Waals surface area contributed by atoms with E-state index in [1.54, 1.807) is 12.3 Å². The third-order valence-corrected chi connectivity index (χ3v) is 4.07. The van der Waals surface area contributed by atoms with E-state index in [0.717, 1.165) is 24.8 Å². The zero-order valence-corrected chi connectivity index (χ0v) is 15.5. The lowest BCUT2D eigenvalue weighted by Gasteiger charge is -2.13. The molecule has 0 N–H and O–H groups in total. The third-order valence-electron chi connectivity index (χ3n) is 3.41. The molecule has 4 heteroatoms. The molecule has 2 rings (SSSR count). The Bertz CT molecular complexity index is 747. The normalized spacial score (nSPS) is 11.3. The van der Waals surface area contributed by atoms with E-state index < -0.39 is 12.1 Å². The summed E-state index contributed by atoms with van der Waals surface area (Å²) in [4.78, 5) is 16.8. The number of halogens is 1. The van der Waals surface area contributed by atoms with Crippen molar-refractivity contribution in [1.82, 2.24) is 4.98 Å². The molecular formula is C20H20BrNO2. The third kappa shape index (κ3) is 5.21.